The van der Waals surface area contributed by atoms with E-state index < -0.39 is 5.91 Å². The summed E-state index contributed by atoms with van der Waals surface area (Å²) >= 11 is 0. The zero-order valence-corrected chi connectivity index (χ0v) is 7.57. The molecule has 14 heavy (non-hydrogen) atoms. The molecule has 0 atom stereocenters. The lowest BCUT2D eigenvalue weighted by molar-refractivity contribution is 0.0999. The normalized spacial score (nSPS) is 10.4. The fourth-order valence-electron chi connectivity index (χ4n) is 1.40. The van der Waals surface area contributed by atoms with Gasteiger partial charge in [-0.15, -0.1) is 0 Å². The number of H-pyrrole nitrogens is 1. The van der Waals surface area contributed by atoms with Gasteiger partial charge in [0.2, 0.25) is 0 Å². The second-order valence-corrected chi connectivity index (χ2v) is 2.81. The van der Waals surface area contributed by atoms with E-state index in [4.69, 9.17) is 10.5 Å². The topological polar surface area (TPSA) is 81.0 Å². The number of imidazole rings is 1. The van der Waals surface area contributed by atoms with Crippen LogP contribution in [-0.4, -0.2) is 23.0 Å². The van der Waals surface area contributed by atoms with Gasteiger partial charge in [0.25, 0.3) is 5.91 Å². The van der Waals surface area contributed by atoms with Crippen molar-refractivity contribution < 1.29 is 9.53 Å². The molecule has 2 aromatic rings. The number of nitrogens with one attached hydrogen (secondary N) is 1. The van der Waals surface area contributed by atoms with Crippen molar-refractivity contribution in [2.45, 2.75) is 0 Å². The number of aromatic nitrogens is 2. The SMILES string of the molecule is COc1ccc2[nH]cnc2c1C(N)=O. The molecular formula is C9H9N3O2. The highest BCUT2D eigenvalue weighted by Gasteiger charge is 2.14. The third kappa shape index (κ3) is 1.10. The molecule has 1 amide bonds. The molecule has 3 N–H and O–H groups in total. The van der Waals surface area contributed by atoms with Gasteiger partial charge >= 0.3 is 0 Å². The molecule has 0 aliphatic carbocycles. The summed E-state index contributed by atoms with van der Waals surface area (Å²) in [7, 11) is 1.49. The maximum absolute atomic E-state index is 11.2. The summed E-state index contributed by atoms with van der Waals surface area (Å²) in [6.45, 7) is 0. The highest BCUT2D eigenvalue weighted by atomic mass is 16.5. The molecular weight excluding hydrogens is 182 g/mol. The maximum atomic E-state index is 11.2. The third-order valence-corrected chi connectivity index (χ3v) is 2.02. The minimum absolute atomic E-state index is 0.311. The van der Waals surface area contributed by atoms with Gasteiger partial charge in [0.05, 0.1) is 19.0 Å². The Bertz CT molecular complexity index is 490. The summed E-state index contributed by atoms with van der Waals surface area (Å²) < 4.78 is 5.03. The molecule has 0 saturated heterocycles. The van der Waals surface area contributed by atoms with E-state index in [1.807, 2.05) is 0 Å². The first-order chi connectivity index (χ1) is 6.74. The van der Waals surface area contributed by atoms with Crippen LogP contribution in [0.25, 0.3) is 11.0 Å². The molecule has 1 aromatic carbocycles. The monoisotopic (exact) mass is 191 g/mol. The number of fused-ring (bicyclic) bond motifs is 1. The number of nitrogens with zero attached hydrogens (tertiary/aromatic N) is 1. The Labute approximate surface area is 79.9 Å². The first kappa shape index (κ1) is 8.55. The summed E-state index contributed by atoms with van der Waals surface area (Å²) in [5, 5.41) is 0. The summed E-state index contributed by atoms with van der Waals surface area (Å²) in [6.07, 6.45) is 1.51. The van der Waals surface area contributed by atoms with E-state index >= 15 is 0 Å². The Morgan fingerprint density at radius 3 is 3.00 bits per heavy atom. The lowest BCUT2D eigenvalue weighted by Crippen LogP contribution is -2.13. The van der Waals surface area contributed by atoms with Crippen LogP contribution in [0, 0.1) is 0 Å². The summed E-state index contributed by atoms with van der Waals surface area (Å²) in [5.41, 5.74) is 6.86. The van der Waals surface area contributed by atoms with Crippen molar-refractivity contribution >= 4 is 16.9 Å². The lowest BCUT2D eigenvalue weighted by Gasteiger charge is -2.04. The van der Waals surface area contributed by atoms with Crippen molar-refractivity contribution in [1.29, 1.82) is 0 Å². The van der Waals surface area contributed by atoms with Crippen LogP contribution in [0.3, 0.4) is 0 Å². The molecule has 5 heteroatoms. The van der Waals surface area contributed by atoms with Gasteiger partial charge < -0.3 is 15.5 Å². The highest BCUT2D eigenvalue weighted by molar-refractivity contribution is 6.06. The molecule has 1 aromatic heterocycles. The van der Waals surface area contributed by atoms with E-state index in [1.165, 1.54) is 13.4 Å². The fourth-order valence-corrected chi connectivity index (χ4v) is 1.40. The molecule has 1 heterocycles. The van der Waals surface area contributed by atoms with E-state index in [0.29, 0.717) is 16.8 Å². The van der Waals surface area contributed by atoms with Crippen LogP contribution in [-0.2, 0) is 0 Å². The second-order valence-electron chi connectivity index (χ2n) is 2.81. The van der Waals surface area contributed by atoms with Crippen molar-refractivity contribution in [2.24, 2.45) is 5.73 Å². The van der Waals surface area contributed by atoms with E-state index in [1.54, 1.807) is 12.1 Å². The number of rotatable bonds is 2. The Balaban J connectivity index is 2.82. The molecule has 0 aliphatic heterocycles. The first-order valence-corrected chi connectivity index (χ1v) is 4.04. The number of benzene rings is 1. The number of aromatic amines is 1. The van der Waals surface area contributed by atoms with Crippen LogP contribution in [0.1, 0.15) is 10.4 Å². The quantitative estimate of drug-likeness (QED) is 0.732. The molecule has 72 valence electrons. The first-order valence-electron chi connectivity index (χ1n) is 4.04. The predicted molar refractivity (Wildman–Crippen MR) is 51.2 cm³/mol. The predicted octanol–water partition coefficient (Wildman–Crippen LogP) is 0.670. The number of methoxy groups -OCH3 is 1. The van der Waals surface area contributed by atoms with Crippen LogP contribution < -0.4 is 10.5 Å². The van der Waals surface area contributed by atoms with E-state index in [9.17, 15) is 4.79 Å². The number of nitrogens with two attached hydrogens (primary N) is 1. The number of primary amides is 1. The standard InChI is InChI=1S/C9H9N3O2/c1-14-6-3-2-5-8(12-4-11-5)7(6)9(10)13/h2-4H,1H3,(H2,10,13)(H,11,12). The molecule has 5 nitrogen and oxygen atoms in total. The molecule has 2 rings (SSSR count). The maximum Gasteiger partial charge on any atom is 0.254 e. The fraction of sp³-hybridized carbons (Fsp3) is 0.111. The summed E-state index contributed by atoms with van der Waals surface area (Å²) in [5.74, 6) is -0.100. The van der Waals surface area contributed by atoms with Crippen molar-refractivity contribution in [3.63, 3.8) is 0 Å². The minimum Gasteiger partial charge on any atom is -0.496 e. The van der Waals surface area contributed by atoms with Crippen LogP contribution in [0.15, 0.2) is 18.5 Å². The second kappa shape index (κ2) is 3.02. The zero-order chi connectivity index (χ0) is 10.1. The Hall–Kier alpha value is -2.04. The molecule has 0 bridgehead atoms. The van der Waals surface area contributed by atoms with Crippen molar-refractivity contribution in [1.82, 2.24) is 9.97 Å². The van der Waals surface area contributed by atoms with Gasteiger partial charge in [0.15, 0.2) is 0 Å². The average molecular weight is 191 g/mol. The van der Waals surface area contributed by atoms with E-state index in [-0.39, 0.29) is 0 Å². The number of hydrogen-bond acceptors (Lipinski definition) is 3. The summed E-state index contributed by atoms with van der Waals surface area (Å²) in [6, 6.07) is 3.47. The number of hydrogen-bond donors (Lipinski definition) is 2. The zero-order valence-electron chi connectivity index (χ0n) is 7.57. The number of carbonyl (C=O) groups excluding carboxylic acids is 1. The Kier molecular flexibility index (Phi) is 1.85. The van der Waals surface area contributed by atoms with Gasteiger partial charge in [0.1, 0.15) is 16.8 Å². The number of carbonyl (C=O) groups is 1. The number of amides is 1. The van der Waals surface area contributed by atoms with Gasteiger partial charge in [-0.05, 0) is 12.1 Å². The van der Waals surface area contributed by atoms with Gasteiger partial charge in [-0.2, -0.15) is 0 Å². The van der Waals surface area contributed by atoms with Crippen molar-refractivity contribution in [3.8, 4) is 5.75 Å². The molecule has 0 fully saturated rings. The third-order valence-electron chi connectivity index (χ3n) is 2.02. The van der Waals surface area contributed by atoms with Gasteiger partial charge in [-0.25, -0.2) is 4.98 Å². The lowest BCUT2D eigenvalue weighted by atomic mass is 10.1. The molecule has 0 saturated carbocycles. The van der Waals surface area contributed by atoms with Crippen LogP contribution in [0.4, 0.5) is 0 Å². The molecule has 0 aliphatic rings. The molecule has 0 radical (unpaired) electrons. The van der Waals surface area contributed by atoms with E-state index in [2.05, 4.69) is 9.97 Å². The largest absolute Gasteiger partial charge is 0.496 e. The highest BCUT2D eigenvalue weighted by Crippen LogP contribution is 2.24. The smallest absolute Gasteiger partial charge is 0.254 e. The van der Waals surface area contributed by atoms with Gasteiger partial charge in [0, 0.05) is 0 Å². The van der Waals surface area contributed by atoms with Crippen molar-refractivity contribution in [3.05, 3.63) is 24.0 Å². The average Bonchev–Trinajstić information content (AvgIpc) is 2.62. The van der Waals surface area contributed by atoms with Crippen LogP contribution in [0.5, 0.6) is 5.75 Å². The number of ether oxygens (including phenoxy) is 1. The minimum atomic E-state index is -0.542. The summed E-state index contributed by atoms with van der Waals surface area (Å²) in [4.78, 5) is 18.1. The van der Waals surface area contributed by atoms with Crippen molar-refractivity contribution in [2.75, 3.05) is 7.11 Å². The van der Waals surface area contributed by atoms with Crippen LogP contribution >= 0.6 is 0 Å². The Morgan fingerprint density at radius 1 is 1.57 bits per heavy atom. The molecule has 0 spiro atoms. The molecule has 0 unspecified atom stereocenters. The van der Waals surface area contributed by atoms with Gasteiger partial charge in [-0.3, -0.25) is 4.79 Å². The van der Waals surface area contributed by atoms with E-state index in [0.717, 1.165) is 5.52 Å². The van der Waals surface area contributed by atoms with Crippen LogP contribution in [0.2, 0.25) is 0 Å². The van der Waals surface area contributed by atoms with Gasteiger partial charge in [-0.1, -0.05) is 0 Å². The Morgan fingerprint density at radius 2 is 2.36 bits per heavy atom.